The first kappa shape index (κ1) is 23.1. The summed E-state index contributed by atoms with van der Waals surface area (Å²) in [6.07, 6.45) is 3.30. The summed E-state index contributed by atoms with van der Waals surface area (Å²) in [6.45, 7) is 6.84. The summed E-state index contributed by atoms with van der Waals surface area (Å²) in [6, 6.07) is 12.3. The number of piperazine rings is 1. The number of rotatable bonds is 8. The molecule has 3 rings (SSSR count). The molecule has 170 valence electrons. The van der Waals surface area contributed by atoms with Crippen molar-refractivity contribution in [2.45, 2.75) is 13.8 Å². The molecule has 8 nitrogen and oxygen atoms in total. The van der Waals surface area contributed by atoms with Crippen LogP contribution in [-0.4, -0.2) is 55.6 Å². The van der Waals surface area contributed by atoms with Crippen LogP contribution >= 0.6 is 0 Å². The zero-order valence-corrected chi connectivity index (χ0v) is 18.7. The average molecular weight is 440 g/mol. The second-order valence-corrected chi connectivity index (χ2v) is 8.01. The summed E-state index contributed by atoms with van der Waals surface area (Å²) in [5, 5.41) is 11.3. The molecule has 1 aliphatic heterocycles. The molecule has 0 bridgehead atoms. The first-order chi connectivity index (χ1) is 15.4. The van der Waals surface area contributed by atoms with Gasteiger partial charge < -0.3 is 19.3 Å². The van der Waals surface area contributed by atoms with Crippen molar-refractivity contribution in [3.8, 4) is 11.5 Å². The van der Waals surface area contributed by atoms with E-state index in [1.807, 2.05) is 23.1 Å². The highest BCUT2D eigenvalue weighted by Crippen LogP contribution is 2.30. The van der Waals surface area contributed by atoms with E-state index in [0.29, 0.717) is 55.9 Å². The molecule has 2 aromatic rings. The first-order valence-electron chi connectivity index (χ1n) is 10.6. The molecule has 8 heteroatoms. The maximum atomic E-state index is 12.6. The van der Waals surface area contributed by atoms with E-state index in [4.69, 9.17) is 9.47 Å². The maximum Gasteiger partial charge on any atom is 0.292 e. The zero-order chi connectivity index (χ0) is 23.1. The molecular weight excluding hydrogens is 410 g/mol. The van der Waals surface area contributed by atoms with Crippen LogP contribution in [-0.2, 0) is 4.79 Å². The van der Waals surface area contributed by atoms with E-state index in [1.54, 1.807) is 42.4 Å². The first-order valence-corrected chi connectivity index (χ1v) is 10.6. The van der Waals surface area contributed by atoms with Gasteiger partial charge in [-0.05, 0) is 35.8 Å². The summed E-state index contributed by atoms with van der Waals surface area (Å²) in [7, 11) is 1.59. The van der Waals surface area contributed by atoms with Crippen molar-refractivity contribution in [2.75, 3.05) is 44.8 Å². The lowest BCUT2D eigenvalue weighted by Crippen LogP contribution is -2.48. The predicted molar refractivity (Wildman–Crippen MR) is 124 cm³/mol. The van der Waals surface area contributed by atoms with E-state index in [0.717, 1.165) is 5.56 Å². The summed E-state index contributed by atoms with van der Waals surface area (Å²) in [4.78, 5) is 27.3. The van der Waals surface area contributed by atoms with Gasteiger partial charge in [0, 0.05) is 38.3 Å². The molecule has 0 unspecified atom stereocenters. The van der Waals surface area contributed by atoms with Gasteiger partial charge in [-0.1, -0.05) is 32.0 Å². The summed E-state index contributed by atoms with van der Waals surface area (Å²) < 4.78 is 11.2. The van der Waals surface area contributed by atoms with Crippen molar-refractivity contribution >= 4 is 23.4 Å². The minimum absolute atomic E-state index is 0.0851. The molecule has 0 aliphatic carbocycles. The molecular formula is C24H29N3O5. The standard InChI is InChI=1S/C24H29N3O5/c1-18(2)17-32-22-10-8-19(16-23(22)31-3)9-11-24(28)26-14-12-25(13-15-26)20-6-4-5-7-21(20)27(29)30/h4-11,16,18H,12-15,17H2,1-3H3/b11-9+. The van der Waals surface area contributed by atoms with Gasteiger partial charge in [-0.25, -0.2) is 0 Å². The lowest BCUT2D eigenvalue weighted by molar-refractivity contribution is -0.384. The number of benzene rings is 2. The molecule has 1 saturated heterocycles. The molecule has 0 atom stereocenters. The third-order valence-electron chi connectivity index (χ3n) is 5.19. The molecule has 1 aliphatic rings. The van der Waals surface area contributed by atoms with Crippen molar-refractivity contribution in [1.29, 1.82) is 0 Å². The number of hydrogen-bond acceptors (Lipinski definition) is 6. The molecule has 1 amide bonds. The number of nitro groups is 1. The number of methoxy groups -OCH3 is 1. The Hall–Kier alpha value is -3.55. The molecule has 0 spiro atoms. The van der Waals surface area contributed by atoms with E-state index in [-0.39, 0.29) is 16.5 Å². The third-order valence-corrected chi connectivity index (χ3v) is 5.19. The van der Waals surface area contributed by atoms with Crippen molar-refractivity contribution in [3.05, 3.63) is 64.2 Å². The van der Waals surface area contributed by atoms with Gasteiger partial charge in [0.15, 0.2) is 11.5 Å². The normalized spacial score (nSPS) is 14.1. The fourth-order valence-electron chi connectivity index (χ4n) is 3.49. The number of para-hydroxylation sites is 2. The summed E-state index contributed by atoms with van der Waals surface area (Å²) >= 11 is 0. The van der Waals surface area contributed by atoms with Crippen molar-refractivity contribution in [3.63, 3.8) is 0 Å². The van der Waals surface area contributed by atoms with Crippen LogP contribution in [0.4, 0.5) is 11.4 Å². The highest BCUT2D eigenvalue weighted by atomic mass is 16.6. The number of ether oxygens (including phenoxy) is 2. The minimum Gasteiger partial charge on any atom is -0.493 e. The van der Waals surface area contributed by atoms with Crippen LogP contribution in [0.25, 0.3) is 6.08 Å². The molecule has 0 aromatic heterocycles. The van der Waals surface area contributed by atoms with E-state index < -0.39 is 0 Å². The lowest BCUT2D eigenvalue weighted by Gasteiger charge is -2.35. The largest absolute Gasteiger partial charge is 0.493 e. The van der Waals surface area contributed by atoms with Crippen LogP contribution in [0.15, 0.2) is 48.5 Å². The number of nitrogens with zero attached hydrogens (tertiary/aromatic N) is 3. The molecule has 0 radical (unpaired) electrons. The van der Waals surface area contributed by atoms with E-state index in [9.17, 15) is 14.9 Å². The quantitative estimate of drug-likeness (QED) is 0.351. The molecule has 0 saturated carbocycles. The topological polar surface area (TPSA) is 85.2 Å². The summed E-state index contributed by atoms with van der Waals surface area (Å²) in [5.74, 6) is 1.62. The Morgan fingerprint density at radius 3 is 2.50 bits per heavy atom. The van der Waals surface area contributed by atoms with Crippen LogP contribution < -0.4 is 14.4 Å². The molecule has 1 fully saturated rings. The molecule has 2 aromatic carbocycles. The number of anilines is 1. The Balaban J connectivity index is 1.60. The van der Waals surface area contributed by atoms with Crippen LogP contribution in [0.5, 0.6) is 11.5 Å². The lowest BCUT2D eigenvalue weighted by atomic mass is 10.1. The molecule has 1 heterocycles. The number of amides is 1. The number of carbonyl (C=O) groups is 1. The number of nitro benzene ring substituents is 1. The Kier molecular flexibility index (Phi) is 7.70. The third kappa shape index (κ3) is 5.78. The summed E-state index contributed by atoms with van der Waals surface area (Å²) in [5.41, 5.74) is 1.51. The van der Waals surface area contributed by atoms with Crippen molar-refractivity contribution < 1.29 is 19.2 Å². The second kappa shape index (κ2) is 10.7. The average Bonchev–Trinajstić information content (AvgIpc) is 2.81. The van der Waals surface area contributed by atoms with Gasteiger partial charge in [0.1, 0.15) is 5.69 Å². The maximum absolute atomic E-state index is 12.6. The second-order valence-electron chi connectivity index (χ2n) is 8.01. The molecule has 0 N–H and O–H groups in total. The van der Waals surface area contributed by atoms with E-state index in [2.05, 4.69) is 13.8 Å². The fraction of sp³-hybridized carbons (Fsp3) is 0.375. The van der Waals surface area contributed by atoms with E-state index >= 15 is 0 Å². The van der Waals surface area contributed by atoms with Gasteiger partial charge in [0.05, 0.1) is 18.6 Å². The highest BCUT2D eigenvalue weighted by molar-refractivity contribution is 5.92. The van der Waals surface area contributed by atoms with Gasteiger partial charge in [-0.3, -0.25) is 14.9 Å². The number of hydrogen-bond donors (Lipinski definition) is 0. The van der Waals surface area contributed by atoms with Gasteiger partial charge in [0.2, 0.25) is 5.91 Å². The smallest absolute Gasteiger partial charge is 0.292 e. The highest BCUT2D eigenvalue weighted by Gasteiger charge is 2.24. The fourth-order valence-corrected chi connectivity index (χ4v) is 3.49. The van der Waals surface area contributed by atoms with E-state index in [1.165, 1.54) is 6.07 Å². The van der Waals surface area contributed by atoms with Crippen LogP contribution in [0.2, 0.25) is 0 Å². The Labute approximate surface area is 188 Å². The predicted octanol–water partition coefficient (Wildman–Crippen LogP) is 4.00. The monoisotopic (exact) mass is 439 g/mol. The van der Waals surface area contributed by atoms with Crippen LogP contribution in [0.1, 0.15) is 19.4 Å². The SMILES string of the molecule is COc1cc(/C=C/C(=O)N2CCN(c3ccccc3[N+](=O)[O-])CC2)ccc1OCC(C)C. The Bertz CT molecular complexity index is 981. The van der Waals surface area contributed by atoms with Gasteiger partial charge in [-0.15, -0.1) is 0 Å². The Morgan fingerprint density at radius 2 is 1.84 bits per heavy atom. The number of carbonyl (C=O) groups excluding carboxylic acids is 1. The zero-order valence-electron chi connectivity index (χ0n) is 18.7. The minimum atomic E-state index is -0.372. The van der Waals surface area contributed by atoms with Gasteiger partial charge >= 0.3 is 0 Å². The van der Waals surface area contributed by atoms with Crippen molar-refractivity contribution in [1.82, 2.24) is 4.90 Å². The Morgan fingerprint density at radius 1 is 1.12 bits per heavy atom. The molecule has 32 heavy (non-hydrogen) atoms. The van der Waals surface area contributed by atoms with Crippen molar-refractivity contribution in [2.24, 2.45) is 5.92 Å². The van der Waals surface area contributed by atoms with Gasteiger partial charge in [0.25, 0.3) is 5.69 Å². The van der Waals surface area contributed by atoms with Crippen LogP contribution in [0.3, 0.4) is 0 Å². The van der Waals surface area contributed by atoms with Gasteiger partial charge in [-0.2, -0.15) is 0 Å². The van der Waals surface area contributed by atoms with Crippen LogP contribution in [0, 0.1) is 16.0 Å².